The third-order valence-electron chi connectivity index (χ3n) is 5.40. The molecule has 166 valence electrons. The van der Waals surface area contributed by atoms with Crippen molar-refractivity contribution in [2.24, 2.45) is 0 Å². The van der Waals surface area contributed by atoms with Gasteiger partial charge in [0.25, 0.3) is 0 Å². The lowest BCUT2D eigenvalue weighted by Gasteiger charge is -2.35. The highest BCUT2D eigenvalue weighted by atomic mass is 35.5. The molecule has 0 aliphatic carbocycles. The van der Waals surface area contributed by atoms with Gasteiger partial charge in [-0.05, 0) is 42.3 Å². The van der Waals surface area contributed by atoms with E-state index < -0.39 is 0 Å². The van der Waals surface area contributed by atoms with Crippen LogP contribution in [0.1, 0.15) is 11.1 Å². The van der Waals surface area contributed by atoms with Crippen molar-refractivity contribution in [1.29, 1.82) is 0 Å². The van der Waals surface area contributed by atoms with Gasteiger partial charge in [-0.3, -0.25) is 4.79 Å². The van der Waals surface area contributed by atoms with Gasteiger partial charge in [0.1, 0.15) is 23.6 Å². The number of anilines is 1. The summed E-state index contributed by atoms with van der Waals surface area (Å²) in [6.07, 6.45) is 1.86. The molecule has 1 amide bonds. The molecule has 0 spiro atoms. The Hall–Kier alpha value is -3.32. The molecule has 4 rings (SSSR count). The van der Waals surface area contributed by atoms with Gasteiger partial charge in [-0.1, -0.05) is 29.8 Å². The highest BCUT2D eigenvalue weighted by Crippen LogP contribution is 2.30. The normalized spacial score (nSPS) is 13.7. The maximum absolute atomic E-state index is 12.7. The molecule has 8 heteroatoms. The summed E-state index contributed by atoms with van der Waals surface area (Å²) in [6, 6.07) is 15.0. The van der Waals surface area contributed by atoms with Gasteiger partial charge < -0.3 is 19.3 Å². The van der Waals surface area contributed by atoms with E-state index in [0.29, 0.717) is 49.3 Å². The third kappa shape index (κ3) is 5.29. The Kier molecular flexibility index (Phi) is 6.75. The Morgan fingerprint density at radius 2 is 1.78 bits per heavy atom. The number of hydrogen-bond acceptors (Lipinski definition) is 6. The van der Waals surface area contributed by atoms with Gasteiger partial charge in [0, 0.05) is 32.2 Å². The van der Waals surface area contributed by atoms with Crippen LogP contribution in [0.2, 0.25) is 5.02 Å². The molecule has 1 aliphatic heterocycles. The first-order valence-electron chi connectivity index (χ1n) is 10.4. The third-order valence-corrected chi connectivity index (χ3v) is 5.71. The summed E-state index contributed by atoms with van der Waals surface area (Å²) < 4.78 is 11.1. The van der Waals surface area contributed by atoms with E-state index in [1.54, 1.807) is 19.2 Å². The average Bonchev–Trinajstić information content (AvgIpc) is 2.82. The number of aryl methyl sites for hydroxylation is 1. The van der Waals surface area contributed by atoms with Gasteiger partial charge in [0.2, 0.25) is 11.8 Å². The first-order valence-corrected chi connectivity index (χ1v) is 10.8. The lowest BCUT2D eigenvalue weighted by molar-refractivity contribution is -0.130. The van der Waals surface area contributed by atoms with E-state index >= 15 is 0 Å². The molecular weight excluding hydrogens is 428 g/mol. The standard InChI is InChI=1S/C24H25ClN4O3/c1-17-3-8-20(25)21(13-17)32-23-15-22(26-16-27-23)28-9-11-29(12-10-28)24(30)14-18-4-6-19(31-2)7-5-18/h3-8,13,15-16H,9-12,14H2,1-2H3. The van der Waals surface area contributed by atoms with E-state index in [4.69, 9.17) is 21.1 Å². The largest absolute Gasteiger partial charge is 0.497 e. The molecule has 32 heavy (non-hydrogen) atoms. The van der Waals surface area contributed by atoms with Crippen LogP contribution in [0.5, 0.6) is 17.4 Å². The second-order valence-corrected chi connectivity index (χ2v) is 8.05. The highest BCUT2D eigenvalue weighted by molar-refractivity contribution is 6.32. The van der Waals surface area contributed by atoms with E-state index in [9.17, 15) is 4.79 Å². The molecule has 7 nitrogen and oxygen atoms in total. The molecule has 2 aromatic carbocycles. The number of halogens is 1. The zero-order valence-corrected chi connectivity index (χ0v) is 18.9. The molecule has 0 saturated carbocycles. The number of piperazine rings is 1. The Morgan fingerprint density at radius 1 is 1.03 bits per heavy atom. The minimum atomic E-state index is 0.121. The summed E-state index contributed by atoms with van der Waals surface area (Å²) in [4.78, 5) is 25.3. The van der Waals surface area contributed by atoms with Crippen LogP contribution in [0.3, 0.4) is 0 Å². The second-order valence-electron chi connectivity index (χ2n) is 7.64. The van der Waals surface area contributed by atoms with Crippen LogP contribution < -0.4 is 14.4 Å². The number of methoxy groups -OCH3 is 1. The second kappa shape index (κ2) is 9.87. The van der Waals surface area contributed by atoms with Gasteiger partial charge in [0.15, 0.2) is 0 Å². The van der Waals surface area contributed by atoms with E-state index in [0.717, 1.165) is 22.7 Å². The maximum Gasteiger partial charge on any atom is 0.227 e. The molecule has 0 N–H and O–H groups in total. The summed E-state index contributed by atoms with van der Waals surface area (Å²) >= 11 is 6.23. The lowest BCUT2D eigenvalue weighted by Crippen LogP contribution is -2.49. The molecular formula is C24H25ClN4O3. The van der Waals surface area contributed by atoms with Crippen LogP contribution in [0.15, 0.2) is 54.9 Å². The molecule has 1 fully saturated rings. The highest BCUT2D eigenvalue weighted by Gasteiger charge is 2.22. The number of nitrogens with zero attached hydrogens (tertiary/aromatic N) is 4. The van der Waals surface area contributed by atoms with Crippen LogP contribution >= 0.6 is 11.6 Å². The van der Waals surface area contributed by atoms with Gasteiger partial charge in [-0.15, -0.1) is 0 Å². The Bertz CT molecular complexity index is 1080. The van der Waals surface area contributed by atoms with Crippen LogP contribution in [-0.4, -0.2) is 54.1 Å². The van der Waals surface area contributed by atoms with Crippen LogP contribution in [0.4, 0.5) is 5.82 Å². The van der Waals surface area contributed by atoms with E-state index in [1.807, 2.05) is 48.2 Å². The fraction of sp³-hybridized carbons (Fsp3) is 0.292. The van der Waals surface area contributed by atoms with Crippen molar-refractivity contribution in [3.8, 4) is 17.4 Å². The van der Waals surface area contributed by atoms with Crippen LogP contribution in [0, 0.1) is 6.92 Å². The predicted octanol–water partition coefficient (Wildman–Crippen LogP) is 4.13. The number of aromatic nitrogens is 2. The van der Waals surface area contributed by atoms with E-state index in [2.05, 4.69) is 14.9 Å². The quantitative estimate of drug-likeness (QED) is 0.560. The number of amides is 1. The maximum atomic E-state index is 12.7. The van der Waals surface area contributed by atoms with Crippen molar-refractivity contribution in [1.82, 2.24) is 14.9 Å². The molecule has 1 aliphatic rings. The molecule has 0 unspecified atom stereocenters. The van der Waals surface area contributed by atoms with Crippen molar-refractivity contribution < 1.29 is 14.3 Å². The number of carbonyl (C=O) groups excluding carboxylic acids is 1. The number of ether oxygens (including phenoxy) is 2. The van der Waals surface area contributed by atoms with Gasteiger partial charge in [-0.25, -0.2) is 9.97 Å². The molecule has 0 radical (unpaired) electrons. The number of benzene rings is 2. The molecule has 1 aromatic heterocycles. The summed E-state index contributed by atoms with van der Waals surface area (Å²) in [5.74, 6) is 2.66. The average molecular weight is 453 g/mol. The fourth-order valence-electron chi connectivity index (χ4n) is 3.57. The van der Waals surface area contributed by atoms with Gasteiger partial charge in [0.05, 0.1) is 18.6 Å². The van der Waals surface area contributed by atoms with Crippen LogP contribution in [-0.2, 0) is 11.2 Å². The number of rotatable bonds is 6. The summed E-state index contributed by atoms with van der Waals surface area (Å²) in [5, 5.41) is 0.528. The molecule has 0 bridgehead atoms. The topological polar surface area (TPSA) is 67.8 Å². The summed E-state index contributed by atoms with van der Waals surface area (Å²) in [6.45, 7) is 4.63. The number of carbonyl (C=O) groups is 1. The molecule has 2 heterocycles. The SMILES string of the molecule is COc1ccc(CC(=O)N2CCN(c3cc(Oc4cc(C)ccc4Cl)ncn3)CC2)cc1. The van der Waals surface area contributed by atoms with Crippen molar-refractivity contribution in [2.45, 2.75) is 13.3 Å². The van der Waals surface area contributed by atoms with Gasteiger partial charge >= 0.3 is 0 Å². The minimum Gasteiger partial charge on any atom is -0.497 e. The minimum absolute atomic E-state index is 0.121. The Balaban J connectivity index is 1.35. The Labute approximate surface area is 192 Å². The molecule has 0 atom stereocenters. The zero-order chi connectivity index (χ0) is 22.5. The predicted molar refractivity (Wildman–Crippen MR) is 124 cm³/mol. The zero-order valence-electron chi connectivity index (χ0n) is 18.1. The smallest absolute Gasteiger partial charge is 0.227 e. The van der Waals surface area contributed by atoms with E-state index in [1.165, 1.54) is 6.33 Å². The summed E-state index contributed by atoms with van der Waals surface area (Å²) in [7, 11) is 1.63. The first-order chi connectivity index (χ1) is 15.5. The Morgan fingerprint density at radius 3 is 2.50 bits per heavy atom. The van der Waals surface area contributed by atoms with Gasteiger partial charge in [-0.2, -0.15) is 0 Å². The van der Waals surface area contributed by atoms with Crippen molar-refractivity contribution in [3.05, 3.63) is 71.0 Å². The molecule has 1 saturated heterocycles. The lowest BCUT2D eigenvalue weighted by atomic mass is 10.1. The van der Waals surface area contributed by atoms with Crippen molar-refractivity contribution in [3.63, 3.8) is 0 Å². The fourth-order valence-corrected chi connectivity index (χ4v) is 3.73. The summed E-state index contributed by atoms with van der Waals surface area (Å²) in [5.41, 5.74) is 2.03. The van der Waals surface area contributed by atoms with Crippen LogP contribution in [0.25, 0.3) is 0 Å². The monoisotopic (exact) mass is 452 g/mol. The molecule has 3 aromatic rings. The first kappa shape index (κ1) is 21.9. The number of hydrogen-bond donors (Lipinski definition) is 0. The van der Waals surface area contributed by atoms with Crippen molar-refractivity contribution >= 4 is 23.3 Å². The van der Waals surface area contributed by atoms with Crippen molar-refractivity contribution in [2.75, 3.05) is 38.2 Å². The van der Waals surface area contributed by atoms with E-state index in [-0.39, 0.29) is 5.91 Å².